The number of nitrogens with zero attached hydrogens (tertiary/aromatic N) is 1. The summed E-state index contributed by atoms with van der Waals surface area (Å²) in [5.74, 6) is 1.68. The molecule has 0 N–H and O–H groups in total. The van der Waals surface area contributed by atoms with Gasteiger partial charge in [-0.15, -0.1) is 0 Å². The van der Waals surface area contributed by atoms with Crippen molar-refractivity contribution in [2.24, 2.45) is 5.92 Å². The number of likely N-dealkylation sites (N-methyl/N-ethyl adjacent to an activating group) is 1. The van der Waals surface area contributed by atoms with E-state index in [1.807, 2.05) is 20.0 Å². The van der Waals surface area contributed by atoms with E-state index in [1.54, 1.807) is 6.26 Å². The molecule has 3 nitrogen and oxygen atoms in total. The SMILES string of the molecule is Cc1occc1CN(C)CC(=O)C1CCCC1. The predicted molar refractivity (Wildman–Crippen MR) is 66.7 cm³/mol. The Morgan fingerprint density at radius 1 is 1.47 bits per heavy atom. The van der Waals surface area contributed by atoms with Crippen LogP contribution in [0, 0.1) is 12.8 Å². The number of furan rings is 1. The molecule has 94 valence electrons. The Balaban J connectivity index is 1.82. The Labute approximate surface area is 103 Å². The van der Waals surface area contributed by atoms with Crippen molar-refractivity contribution >= 4 is 5.78 Å². The molecule has 0 aliphatic heterocycles. The monoisotopic (exact) mass is 235 g/mol. The number of rotatable bonds is 5. The van der Waals surface area contributed by atoms with Crippen molar-refractivity contribution in [3.63, 3.8) is 0 Å². The van der Waals surface area contributed by atoms with Gasteiger partial charge in [0.2, 0.25) is 0 Å². The van der Waals surface area contributed by atoms with Crippen molar-refractivity contribution in [2.45, 2.75) is 39.2 Å². The lowest BCUT2D eigenvalue weighted by atomic mass is 10.0. The fourth-order valence-electron chi connectivity index (χ4n) is 2.56. The molecule has 2 rings (SSSR count). The Morgan fingerprint density at radius 2 is 2.18 bits per heavy atom. The maximum Gasteiger partial charge on any atom is 0.149 e. The minimum Gasteiger partial charge on any atom is -0.469 e. The third-order valence-electron chi connectivity index (χ3n) is 3.64. The zero-order chi connectivity index (χ0) is 12.3. The molecule has 0 aromatic carbocycles. The Morgan fingerprint density at radius 3 is 2.76 bits per heavy atom. The zero-order valence-corrected chi connectivity index (χ0v) is 10.7. The zero-order valence-electron chi connectivity index (χ0n) is 10.7. The molecule has 1 saturated carbocycles. The maximum absolute atomic E-state index is 12.0. The number of carbonyl (C=O) groups excluding carboxylic acids is 1. The quantitative estimate of drug-likeness (QED) is 0.787. The fourth-order valence-corrected chi connectivity index (χ4v) is 2.56. The van der Waals surface area contributed by atoms with Crippen LogP contribution in [0.5, 0.6) is 0 Å². The second-order valence-corrected chi connectivity index (χ2v) is 5.12. The van der Waals surface area contributed by atoms with Gasteiger partial charge < -0.3 is 4.42 Å². The molecule has 17 heavy (non-hydrogen) atoms. The van der Waals surface area contributed by atoms with Crippen LogP contribution in [0.25, 0.3) is 0 Å². The van der Waals surface area contributed by atoms with Crippen LogP contribution in [-0.4, -0.2) is 24.3 Å². The van der Waals surface area contributed by atoms with Gasteiger partial charge in [0.15, 0.2) is 0 Å². The molecule has 0 bridgehead atoms. The van der Waals surface area contributed by atoms with Gasteiger partial charge in [-0.1, -0.05) is 12.8 Å². The smallest absolute Gasteiger partial charge is 0.149 e. The summed E-state index contributed by atoms with van der Waals surface area (Å²) < 4.78 is 5.26. The number of hydrogen-bond acceptors (Lipinski definition) is 3. The van der Waals surface area contributed by atoms with Crippen LogP contribution in [0.4, 0.5) is 0 Å². The second kappa shape index (κ2) is 5.50. The third kappa shape index (κ3) is 3.19. The van der Waals surface area contributed by atoms with E-state index in [0.717, 1.165) is 25.1 Å². The Bertz CT molecular complexity index is 377. The number of carbonyl (C=O) groups is 1. The van der Waals surface area contributed by atoms with Crippen LogP contribution in [0.2, 0.25) is 0 Å². The van der Waals surface area contributed by atoms with E-state index in [2.05, 4.69) is 4.90 Å². The molecule has 0 atom stereocenters. The number of ketones is 1. The molecule has 0 unspecified atom stereocenters. The normalized spacial score (nSPS) is 16.9. The number of Topliss-reactive ketones (excluding diaryl/α,β-unsaturated/α-hetero) is 1. The lowest BCUT2D eigenvalue weighted by Gasteiger charge is -2.17. The van der Waals surface area contributed by atoms with Crippen LogP contribution >= 0.6 is 0 Å². The summed E-state index contributed by atoms with van der Waals surface area (Å²) in [7, 11) is 2.00. The summed E-state index contributed by atoms with van der Waals surface area (Å²) in [5.41, 5.74) is 1.17. The van der Waals surface area contributed by atoms with Gasteiger partial charge in [0.1, 0.15) is 11.5 Å². The van der Waals surface area contributed by atoms with Crippen molar-refractivity contribution in [2.75, 3.05) is 13.6 Å². The molecule has 1 aromatic rings. The summed E-state index contributed by atoms with van der Waals surface area (Å²) in [6.07, 6.45) is 6.34. The number of aryl methyl sites for hydroxylation is 1. The third-order valence-corrected chi connectivity index (χ3v) is 3.64. The summed E-state index contributed by atoms with van der Waals surface area (Å²) >= 11 is 0. The van der Waals surface area contributed by atoms with Gasteiger partial charge in [-0.05, 0) is 32.9 Å². The first-order chi connectivity index (χ1) is 8.16. The summed E-state index contributed by atoms with van der Waals surface area (Å²) in [4.78, 5) is 14.1. The van der Waals surface area contributed by atoms with Crippen molar-refractivity contribution in [3.8, 4) is 0 Å². The van der Waals surface area contributed by atoms with E-state index in [1.165, 1.54) is 18.4 Å². The van der Waals surface area contributed by atoms with Crippen LogP contribution in [0.3, 0.4) is 0 Å². The highest BCUT2D eigenvalue weighted by Crippen LogP contribution is 2.25. The average molecular weight is 235 g/mol. The van der Waals surface area contributed by atoms with Crippen LogP contribution < -0.4 is 0 Å². The van der Waals surface area contributed by atoms with E-state index in [9.17, 15) is 4.79 Å². The van der Waals surface area contributed by atoms with Gasteiger partial charge in [0.05, 0.1) is 12.8 Å². The molecule has 1 aliphatic rings. The van der Waals surface area contributed by atoms with Gasteiger partial charge in [-0.3, -0.25) is 9.69 Å². The topological polar surface area (TPSA) is 33.5 Å². The first kappa shape index (κ1) is 12.4. The highest BCUT2D eigenvalue weighted by atomic mass is 16.3. The molecule has 0 amide bonds. The number of hydrogen-bond donors (Lipinski definition) is 0. The van der Waals surface area contributed by atoms with Crippen molar-refractivity contribution < 1.29 is 9.21 Å². The second-order valence-electron chi connectivity index (χ2n) is 5.12. The van der Waals surface area contributed by atoms with Crippen molar-refractivity contribution in [1.82, 2.24) is 4.90 Å². The van der Waals surface area contributed by atoms with E-state index >= 15 is 0 Å². The molecule has 0 saturated heterocycles. The van der Waals surface area contributed by atoms with Gasteiger partial charge >= 0.3 is 0 Å². The summed E-state index contributed by atoms with van der Waals surface area (Å²) in [6.45, 7) is 3.32. The van der Waals surface area contributed by atoms with Gasteiger partial charge in [0.25, 0.3) is 0 Å². The Hall–Kier alpha value is -1.09. The first-order valence-electron chi connectivity index (χ1n) is 6.41. The maximum atomic E-state index is 12.0. The molecule has 0 radical (unpaired) electrons. The van der Waals surface area contributed by atoms with Crippen molar-refractivity contribution in [3.05, 3.63) is 23.7 Å². The summed E-state index contributed by atoms with van der Waals surface area (Å²) in [5, 5.41) is 0. The minimum atomic E-state index is 0.322. The van der Waals surface area contributed by atoms with E-state index in [0.29, 0.717) is 18.2 Å². The van der Waals surface area contributed by atoms with Gasteiger partial charge in [-0.2, -0.15) is 0 Å². The highest BCUT2D eigenvalue weighted by Gasteiger charge is 2.23. The fraction of sp³-hybridized carbons (Fsp3) is 0.643. The molecule has 1 fully saturated rings. The molecule has 1 aromatic heterocycles. The predicted octanol–water partition coefficient (Wildman–Crippen LogP) is 2.78. The molecular formula is C14H21NO2. The molecule has 0 spiro atoms. The van der Waals surface area contributed by atoms with Crippen molar-refractivity contribution in [1.29, 1.82) is 0 Å². The average Bonchev–Trinajstić information content (AvgIpc) is 2.90. The van der Waals surface area contributed by atoms with E-state index in [4.69, 9.17) is 4.42 Å². The van der Waals surface area contributed by atoms with Crippen LogP contribution in [-0.2, 0) is 11.3 Å². The first-order valence-corrected chi connectivity index (χ1v) is 6.41. The van der Waals surface area contributed by atoms with Crippen LogP contribution in [0.1, 0.15) is 37.0 Å². The lowest BCUT2D eigenvalue weighted by molar-refractivity contribution is -0.123. The molecule has 1 aliphatic carbocycles. The minimum absolute atomic E-state index is 0.322. The molecular weight excluding hydrogens is 214 g/mol. The molecule has 1 heterocycles. The lowest BCUT2D eigenvalue weighted by Crippen LogP contribution is -2.29. The standard InChI is InChI=1S/C14H21NO2/c1-11-13(7-8-17-11)9-15(2)10-14(16)12-5-3-4-6-12/h7-8,12H,3-6,9-10H2,1-2H3. The van der Waals surface area contributed by atoms with E-state index in [-0.39, 0.29) is 0 Å². The highest BCUT2D eigenvalue weighted by molar-refractivity contribution is 5.83. The molecule has 3 heteroatoms. The van der Waals surface area contributed by atoms with Gasteiger partial charge in [0, 0.05) is 18.0 Å². The van der Waals surface area contributed by atoms with Crippen LogP contribution in [0.15, 0.2) is 16.7 Å². The summed E-state index contributed by atoms with van der Waals surface area (Å²) in [6, 6.07) is 1.98. The van der Waals surface area contributed by atoms with E-state index < -0.39 is 0 Å². The Kier molecular flexibility index (Phi) is 4.00. The largest absolute Gasteiger partial charge is 0.469 e. The van der Waals surface area contributed by atoms with Gasteiger partial charge in [-0.25, -0.2) is 0 Å².